The first-order valence-corrected chi connectivity index (χ1v) is 6.02. The van der Waals surface area contributed by atoms with Crippen molar-refractivity contribution in [3.63, 3.8) is 0 Å². The number of likely N-dealkylation sites (tertiary alicyclic amines) is 1. The van der Waals surface area contributed by atoms with Gasteiger partial charge in [-0.2, -0.15) is 0 Å². The third kappa shape index (κ3) is 1.70. The van der Waals surface area contributed by atoms with E-state index in [-0.39, 0.29) is 0 Å². The van der Waals surface area contributed by atoms with Crippen LogP contribution in [0.25, 0.3) is 0 Å². The van der Waals surface area contributed by atoms with Crippen LogP contribution in [0.5, 0.6) is 0 Å². The molecule has 0 aromatic carbocycles. The molecule has 1 saturated heterocycles. The molecule has 0 unspecified atom stereocenters. The molecule has 1 N–H and O–H groups in total. The van der Waals surface area contributed by atoms with E-state index >= 15 is 0 Å². The van der Waals surface area contributed by atoms with Crippen LogP contribution in [-0.2, 0) is 0 Å². The highest BCUT2D eigenvalue weighted by molar-refractivity contribution is 5.00. The van der Waals surface area contributed by atoms with Gasteiger partial charge in [0, 0.05) is 19.1 Å². The Hall–Kier alpha value is -0.0800. The Morgan fingerprint density at radius 3 is 2.21 bits per heavy atom. The summed E-state index contributed by atoms with van der Waals surface area (Å²) < 4.78 is 0. The zero-order valence-corrected chi connectivity index (χ0v) is 9.50. The van der Waals surface area contributed by atoms with Crippen LogP contribution < -0.4 is 0 Å². The number of hydrogen-bond acceptors (Lipinski definition) is 2. The Morgan fingerprint density at radius 1 is 1.21 bits per heavy atom. The van der Waals surface area contributed by atoms with Gasteiger partial charge in [0.2, 0.25) is 0 Å². The Morgan fingerprint density at radius 2 is 1.79 bits per heavy atom. The van der Waals surface area contributed by atoms with Crippen molar-refractivity contribution in [2.75, 3.05) is 19.7 Å². The van der Waals surface area contributed by atoms with Crippen molar-refractivity contribution in [2.24, 2.45) is 11.3 Å². The van der Waals surface area contributed by atoms with Gasteiger partial charge < -0.3 is 5.11 Å². The first kappa shape index (κ1) is 10.4. The normalized spacial score (nSPS) is 28.3. The number of aliphatic hydroxyl groups excluding tert-OH is 1. The molecule has 2 nitrogen and oxygen atoms in total. The minimum absolute atomic E-state index is 0.327. The van der Waals surface area contributed by atoms with Crippen molar-refractivity contribution in [3.8, 4) is 0 Å². The van der Waals surface area contributed by atoms with Crippen molar-refractivity contribution in [1.82, 2.24) is 4.90 Å². The molecule has 2 fully saturated rings. The van der Waals surface area contributed by atoms with Gasteiger partial charge in [-0.1, -0.05) is 26.7 Å². The van der Waals surface area contributed by atoms with Gasteiger partial charge in [0.25, 0.3) is 0 Å². The third-order valence-electron chi connectivity index (χ3n) is 4.17. The molecule has 0 aromatic rings. The van der Waals surface area contributed by atoms with Crippen LogP contribution >= 0.6 is 0 Å². The van der Waals surface area contributed by atoms with E-state index in [4.69, 9.17) is 0 Å². The summed E-state index contributed by atoms with van der Waals surface area (Å²) in [5, 5.41) is 9.32. The molecule has 0 radical (unpaired) electrons. The Kier molecular flexibility index (Phi) is 2.85. The van der Waals surface area contributed by atoms with Crippen molar-refractivity contribution in [1.29, 1.82) is 0 Å². The highest BCUT2D eigenvalue weighted by Crippen LogP contribution is 2.46. The van der Waals surface area contributed by atoms with Gasteiger partial charge in [0.1, 0.15) is 0 Å². The smallest absolute Gasteiger partial charge is 0.0589 e. The molecule has 2 rings (SSSR count). The maximum Gasteiger partial charge on any atom is 0.0589 e. The topological polar surface area (TPSA) is 23.5 Å². The zero-order chi connectivity index (χ0) is 10.2. The van der Waals surface area contributed by atoms with Crippen LogP contribution in [0.2, 0.25) is 0 Å². The van der Waals surface area contributed by atoms with Crippen molar-refractivity contribution in [3.05, 3.63) is 0 Å². The molecule has 1 aliphatic heterocycles. The minimum Gasteiger partial charge on any atom is -0.395 e. The molecule has 82 valence electrons. The number of nitrogens with zero attached hydrogens (tertiary/aromatic N) is 1. The molecule has 1 aliphatic carbocycles. The molecule has 14 heavy (non-hydrogen) atoms. The number of aliphatic hydroxyl groups is 1. The monoisotopic (exact) mass is 197 g/mol. The minimum atomic E-state index is 0.327. The molecule has 2 heteroatoms. The molecular weight excluding hydrogens is 174 g/mol. The SMILES string of the molecule is CC(C)[C@H](CO)N1CC2(CCCC2)C1. The van der Waals surface area contributed by atoms with Gasteiger partial charge in [0.05, 0.1) is 6.61 Å². The maximum atomic E-state index is 9.32. The summed E-state index contributed by atoms with van der Waals surface area (Å²) in [5.41, 5.74) is 0.669. The summed E-state index contributed by atoms with van der Waals surface area (Å²) in [6, 6.07) is 0.404. The maximum absolute atomic E-state index is 9.32. The van der Waals surface area contributed by atoms with Crippen molar-refractivity contribution in [2.45, 2.75) is 45.6 Å². The van der Waals surface area contributed by atoms with Crippen LogP contribution in [0.3, 0.4) is 0 Å². The second kappa shape index (κ2) is 3.82. The van der Waals surface area contributed by atoms with Crippen molar-refractivity contribution >= 4 is 0 Å². The summed E-state index contributed by atoms with van der Waals surface area (Å²) in [7, 11) is 0. The lowest BCUT2D eigenvalue weighted by Gasteiger charge is -2.52. The van der Waals surface area contributed by atoms with E-state index in [0.717, 1.165) is 0 Å². The number of rotatable bonds is 3. The Balaban J connectivity index is 1.86. The van der Waals surface area contributed by atoms with Gasteiger partial charge in [0.15, 0.2) is 0 Å². The quantitative estimate of drug-likeness (QED) is 0.746. The summed E-state index contributed by atoms with van der Waals surface area (Å²) in [6.45, 7) is 7.24. The molecule has 0 aromatic heterocycles. The van der Waals surface area contributed by atoms with E-state index in [9.17, 15) is 5.11 Å². The molecule has 1 atom stereocenters. The summed E-state index contributed by atoms with van der Waals surface area (Å²) in [6.07, 6.45) is 5.72. The third-order valence-corrected chi connectivity index (χ3v) is 4.17. The second-order valence-electron chi connectivity index (χ2n) is 5.61. The van der Waals surface area contributed by atoms with Gasteiger partial charge in [-0.05, 0) is 24.2 Å². The lowest BCUT2D eigenvalue weighted by Crippen LogP contribution is -2.60. The average molecular weight is 197 g/mol. The predicted octanol–water partition coefficient (Wildman–Crippen LogP) is 1.88. The summed E-state index contributed by atoms with van der Waals surface area (Å²) in [5.74, 6) is 0.582. The molecule has 2 aliphatic rings. The fraction of sp³-hybridized carbons (Fsp3) is 1.00. The second-order valence-corrected chi connectivity index (χ2v) is 5.61. The molecule has 1 saturated carbocycles. The van der Waals surface area contributed by atoms with E-state index in [1.165, 1.54) is 38.8 Å². The van der Waals surface area contributed by atoms with Crippen LogP contribution in [0, 0.1) is 11.3 Å². The Bertz CT molecular complexity index is 188. The van der Waals surface area contributed by atoms with E-state index in [1.54, 1.807) is 0 Å². The first-order valence-electron chi connectivity index (χ1n) is 6.02. The fourth-order valence-electron chi connectivity index (χ4n) is 3.24. The zero-order valence-electron chi connectivity index (χ0n) is 9.50. The lowest BCUT2D eigenvalue weighted by molar-refractivity contribution is -0.0558. The van der Waals surface area contributed by atoms with Gasteiger partial charge in [-0.3, -0.25) is 4.90 Å². The van der Waals surface area contributed by atoms with E-state index < -0.39 is 0 Å². The molecule has 0 amide bonds. The van der Waals surface area contributed by atoms with E-state index in [1.807, 2.05) is 0 Å². The van der Waals surface area contributed by atoms with Crippen LogP contribution in [0.15, 0.2) is 0 Å². The van der Waals surface area contributed by atoms with Crippen LogP contribution in [0.4, 0.5) is 0 Å². The largest absolute Gasteiger partial charge is 0.395 e. The van der Waals surface area contributed by atoms with Crippen molar-refractivity contribution < 1.29 is 5.11 Å². The summed E-state index contributed by atoms with van der Waals surface area (Å²) in [4.78, 5) is 2.48. The van der Waals surface area contributed by atoms with Crippen LogP contribution in [-0.4, -0.2) is 35.7 Å². The standard InChI is InChI=1S/C12H23NO/c1-10(2)11(7-14)13-8-12(9-13)5-3-4-6-12/h10-11,14H,3-9H2,1-2H3/t11-/m0/s1. The predicted molar refractivity (Wildman–Crippen MR) is 58.2 cm³/mol. The fourth-order valence-corrected chi connectivity index (χ4v) is 3.24. The summed E-state index contributed by atoms with van der Waals surface area (Å²) >= 11 is 0. The molecular formula is C12H23NO. The number of hydrogen-bond donors (Lipinski definition) is 1. The van der Waals surface area contributed by atoms with Gasteiger partial charge in [-0.25, -0.2) is 0 Å². The van der Waals surface area contributed by atoms with E-state index in [0.29, 0.717) is 24.0 Å². The van der Waals surface area contributed by atoms with Gasteiger partial charge in [-0.15, -0.1) is 0 Å². The Labute approximate surface area is 87.3 Å². The molecule has 0 bridgehead atoms. The lowest BCUT2D eigenvalue weighted by atomic mass is 9.76. The first-order chi connectivity index (χ1) is 6.67. The highest BCUT2D eigenvalue weighted by Gasteiger charge is 2.46. The average Bonchev–Trinajstić information content (AvgIpc) is 2.52. The highest BCUT2D eigenvalue weighted by atomic mass is 16.3. The van der Waals surface area contributed by atoms with Crippen LogP contribution in [0.1, 0.15) is 39.5 Å². The molecule has 1 heterocycles. The molecule has 1 spiro atoms. The van der Waals surface area contributed by atoms with Gasteiger partial charge >= 0.3 is 0 Å². The van der Waals surface area contributed by atoms with E-state index in [2.05, 4.69) is 18.7 Å².